The largest absolute Gasteiger partial charge is 0.459 e. The third-order valence-corrected chi connectivity index (χ3v) is 6.32. The maximum atomic E-state index is 12.2. The van der Waals surface area contributed by atoms with Crippen molar-refractivity contribution in [1.29, 1.82) is 0 Å². The van der Waals surface area contributed by atoms with Gasteiger partial charge in [-0.3, -0.25) is 9.59 Å². The summed E-state index contributed by atoms with van der Waals surface area (Å²) < 4.78 is 28.3. The topological polar surface area (TPSA) is 116 Å². The zero-order valence-corrected chi connectivity index (χ0v) is 21.5. The number of hydrogen-bond donors (Lipinski definition) is 2. The van der Waals surface area contributed by atoms with Crippen molar-refractivity contribution in [2.24, 2.45) is 0 Å². The smallest absolute Gasteiger partial charge is 0.303 e. The summed E-state index contributed by atoms with van der Waals surface area (Å²) in [4.78, 5) is 23.1. The molecule has 7 atom stereocenters. The van der Waals surface area contributed by atoms with E-state index in [0.29, 0.717) is 26.1 Å². The predicted octanol–water partition coefficient (Wildman–Crippen LogP) is 2.33. The summed E-state index contributed by atoms with van der Waals surface area (Å²) >= 11 is 0. The van der Waals surface area contributed by atoms with Crippen LogP contribution in [-0.4, -0.2) is 78.1 Å². The molecule has 3 rings (SSSR count). The van der Waals surface area contributed by atoms with Gasteiger partial charge in [0.2, 0.25) is 5.91 Å². The maximum Gasteiger partial charge on any atom is 0.303 e. The zero-order chi connectivity index (χ0) is 25.8. The van der Waals surface area contributed by atoms with E-state index in [4.69, 9.17) is 23.7 Å². The number of carbonyl (C=O) groups is 2. The Morgan fingerprint density at radius 1 is 1.26 bits per heavy atom. The second-order valence-corrected chi connectivity index (χ2v) is 10.3. The number of nitrogens with one attached hydrogen (secondary N) is 1. The van der Waals surface area contributed by atoms with E-state index in [2.05, 4.69) is 5.32 Å². The average Bonchev–Trinajstić information content (AvgIpc) is 3.53. The number of allylic oxidation sites excluding steroid dienone is 2. The SMILES string of the molecule is CC(=O)O[C@@H](C)/C=C\C(=O)N[C@@H]1CO[C@H](C/C=C(C)/C=C/[C@H]2OC(C)(C)C[C@@]3(CO3)[C@@H]2O)O[C@@H]1C. The van der Waals surface area contributed by atoms with Gasteiger partial charge in [-0.15, -0.1) is 0 Å². The summed E-state index contributed by atoms with van der Waals surface area (Å²) in [5.74, 6) is -0.706. The van der Waals surface area contributed by atoms with Crippen molar-refractivity contribution >= 4 is 11.9 Å². The summed E-state index contributed by atoms with van der Waals surface area (Å²) in [6, 6.07) is -0.289. The molecule has 3 heterocycles. The van der Waals surface area contributed by atoms with E-state index in [9.17, 15) is 14.7 Å². The lowest BCUT2D eigenvalue weighted by atomic mass is 9.83. The molecule has 3 saturated heterocycles. The van der Waals surface area contributed by atoms with Gasteiger partial charge in [0.05, 0.1) is 31.0 Å². The van der Waals surface area contributed by atoms with E-state index in [-0.39, 0.29) is 23.7 Å². The van der Waals surface area contributed by atoms with Gasteiger partial charge in [0.1, 0.15) is 23.9 Å². The van der Waals surface area contributed by atoms with Gasteiger partial charge >= 0.3 is 5.97 Å². The quantitative estimate of drug-likeness (QED) is 0.229. The number of amides is 1. The fourth-order valence-electron chi connectivity index (χ4n) is 4.46. The Bertz CT molecular complexity index is 859. The number of aliphatic hydroxyl groups excluding tert-OH is 1. The first-order chi connectivity index (χ1) is 16.4. The molecular formula is C26H39NO8. The Morgan fingerprint density at radius 2 is 1.97 bits per heavy atom. The minimum atomic E-state index is -0.683. The van der Waals surface area contributed by atoms with Crippen molar-refractivity contribution in [2.75, 3.05) is 13.2 Å². The minimum Gasteiger partial charge on any atom is -0.459 e. The number of epoxide rings is 1. The lowest BCUT2D eigenvalue weighted by Gasteiger charge is -2.41. The lowest BCUT2D eigenvalue weighted by Crippen LogP contribution is -2.53. The zero-order valence-electron chi connectivity index (χ0n) is 21.5. The Labute approximate surface area is 207 Å². The lowest BCUT2D eigenvalue weighted by molar-refractivity contribution is -0.217. The fraction of sp³-hybridized carbons (Fsp3) is 0.692. The first-order valence-corrected chi connectivity index (χ1v) is 12.2. The molecule has 0 aromatic carbocycles. The molecule has 3 aliphatic heterocycles. The van der Waals surface area contributed by atoms with E-state index >= 15 is 0 Å². The van der Waals surface area contributed by atoms with Crippen molar-refractivity contribution in [3.05, 3.63) is 36.0 Å². The highest BCUT2D eigenvalue weighted by atomic mass is 16.7. The number of rotatable bonds is 8. The molecule has 0 aliphatic carbocycles. The van der Waals surface area contributed by atoms with Gasteiger partial charge in [-0.2, -0.15) is 0 Å². The molecule has 0 saturated carbocycles. The monoisotopic (exact) mass is 493 g/mol. The van der Waals surface area contributed by atoms with Gasteiger partial charge in [-0.1, -0.05) is 23.8 Å². The molecule has 0 radical (unpaired) electrons. The number of carbonyl (C=O) groups excluding carboxylic acids is 2. The average molecular weight is 494 g/mol. The van der Waals surface area contributed by atoms with Crippen molar-refractivity contribution in [3.8, 4) is 0 Å². The van der Waals surface area contributed by atoms with Gasteiger partial charge in [0.15, 0.2) is 6.29 Å². The predicted molar refractivity (Wildman–Crippen MR) is 128 cm³/mol. The summed E-state index contributed by atoms with van der Waals surface area (Å²) in [5, 5.41) is 13.5. The normalized spacial score (nSPS) is 35.9. The third-order valence-electron chi connectivity index (χ3n) is 6.32. The molecule has 3 fully saturated rings. The molecule has 1 amide bonds. The Morgan fingerprint density at radius 3 is 2.60 bits per heavy atom. The Balaban J connectivity index is 1.44. The molecule has 35 heavy (non-hydrogen) atoms. The molecule has 0 bridgehead atoms. The second-order valence-electron chi connectivity index (χ2n) is 10.3. The van der Waals surface area contributed by atoms with E-state index in [1.807, 2.05) is 45.9 Å². The first-order valence-electron chi connectivity index (χ1n) is 12.2. The molecule has 1 spiro atoms. The van der Waals surface area contributed by atoms with Crippen molar-refractivity contribution in [2.45, 2.75) is 102 Å². The van der Waals surface area contributed by atoms with E-state index < -0.39 is 36.2 Å². The van der Waals surface area contributed by atoms with Crippen LogP contribution in [0.3, 0.4) is 0 Å². The van der Waals surface area contributed by atoms with Crippen LogP contribution in [0.1, 0.15) is 54.4 Å². The van der Waals surface area contributed by atoms with Gasteiger partial charge in [0.25, 0.3) is 0 Å². The van der Waals surface area contributed by atoms with E-state index in [1.165, 1.54) is 19.1 Å². The van der Waals surface area contributed by atoms with Crippen LogP contribution in [0.25, 0.3) is 0 Å². The summed E-state index contributed by atoms with van der Waals surface area (Å²) in [5.41, 5.74) is 0.165. The molecule has 2 N–H and O–H groups in total. The van der Waals surface area contributed by atoms with Gasteiger partial charge in [-0.25, -0.2) is 0 Å². The number of aliphatic hydroxyl groups is 1. The van der Waals surface area contributed by atoms with Crippen molar-refractivity contribution < 1.29 is 38.4 Å². The van der Waals surface area contributed by atoms with Crippen LogP contribution in [0.4, 0.5) is 0 Å². The van der Waals surface area contributed by atoms with Gasteiger partial charge in [0, 0.05) is 25.8 Å². The summed E-state index contributed by atoms with van der Waals surface area (Å²) in [6.07, 6.45) is 7.68. The molecule has 196 valence electrons. The highest BCUT2D eigenvalue weighted by Crippen LogP contribution is 2.46. The van der Waals surface area contributed by atoms with Crippen LogP contribution in [0.2, 0.25) is 0 Å². The molecule has 0 unspecified atom stereocenters. The third kappa shape index (κ3) is 7.98. The highest BCUT2D eigenvalue weighted by Gasteiger charge is 2.60. The Kier molecular flexibility index (Phi) is 8.93. The van der Waals surface area contributed by atoms with Crippen LogP contribution in [0, 0.1) is 0 Å². The molecule has 0 aromatic rings. The fourth-order valence-corrected chi connectivity index (χ4v) is 4.46. The summed E-state index contributed by atoms with van der Waals surface area (Å²) in [6.45, 7) is 11.8. The number of esters is 1. The molecule has 0 aromatic heterocycles. The number of ether oxygens (including phenoxy) is 5. The number of hydrogen-bond acceptors (Lipinski definition) is 8. The van der Waals surface area contributed by atoms with E-state index in [1.54, 1.807) is 6.92 Å². The van der Waals surface area contributed by atoms with Crippen LogP contribution in [-0.2, 0) is 33.3 Å². The van der Waals surface area contributed by atoms with Crippen LogP contribution in [0.5, 0.6) is 0 Å². The highest BCUT2D eigenvalue weighted by molar-refractivity contribution is 5.87. The standard InChI is InChI=1S/C26H39NO8/c1-16(7-10-21-24(30)26(15-32-26)14-25(5,6)35-21)8-12-23-31-13-20(18(3)34-23)27-22(29)11-9-17(2)33-19(4)28/h7-11,17-18,20-21,23-24,30H,12-15H2,1-6H3,(H,27,29)/b10-7+,11-9-,16-8+/t17-,18+,20+,21+,23-,24+,26+/m0/s1. The molecular weight excluding hydrogens is 454 g/mol. The first kappa shape index (κ1) is 27.5. The molecule has 9 heteroatoms. The van der Waals surface area contributed by atoms with Crippen LogP contribution < -0.4 is 5.32 Å². The molecule has 9 nitrogen and oxygen atoms in total. The van der Waals surface area contributed by atoms with Crippen LogP contribution >= 0.6 is 0 Å². The van der Waals surface area contributed by atoms with Gasteiger partial charge in [-0.05, 0) is 40.7 Å². The minimum absolute atomic E-state index is 0.232. The van der Waals surface area contributed by atoms with Crippen LogP contribution in [0.15, 0.2) is 36.0 Å². The van der Waals surface area contributed by atoms with Crippen molar-refractivity contribution in [3.63, 3.8) is 0 Å². The van der Waals surface area contributed by atoms with Crippen molar-refractivity contribution in [1.82, 2.24) is 5.32 Å². The summed E-state index contributed by atoms with van der Waals surface area (Å²) in [7, 11) is 0. The molecule has 3 aliphatic rings. The Hall–Kier alpha value is -2.04. The second kappa shape index (κ2) is 11.3. The maximum absolute atomic E-state index is 12.2. The van der Waals surface area contributed by atoms with Gasteiger partial charge < -0.3 is 34.1 Å². The van der Waals surface area contributed by atoms with E-state index in [0.717, 1.165) is 5.57 Å².